The Bertz CT molecular complexity index is 268. The van der Waals surface area contributed by atoms with Crippen molar-refractivity contribution < 1.29 is 0 Å². The summed E-state index contributed by atoms with van der Waals surface area (Å²) in [7, 11) is 0. The van der Waals surface area contributed by atoms with Crippen LogP contribution in [0.1, 0.15) is 18.1 Å². The summed E-state index contributed by atoms with van der Waals surface area (Å²) in [5.74, 6) is 0. The van der Waals surface area contributed by atoms with Crippen LogP contribution >= 0.6 is 24.8 Å². The zero-order valence-electron chi connectivity index (χ0n) is 9.41. The molecule has 0 spiro atoms. The van der Waals surface area contributed by atoms with Gasteiger partial charge >= 0.3 is 0 Å². The Labute approximate surface area is 104 Å². The molecule has 0 saturated heterocycles. The second-order valence-corrected chi connectivity index (χ2v) is 3.62. The second kappa shape index (κ2) is 7.80. The van der Waals surface area contributed by atoms with Gasteiger partial charge in [0.15, 0.2) is 0 Å². The predicted molar refractivity (Wildman–Crippen MR) is 72.6 cm³/mol. The molecule has 2 nitrogen and oxygen atoms in total. The van der Waals surface area contributed by atoms with Gasteiger partial charge in [0, 0.05) is 18.3 Å². The lowest BCUT2D eigenvalue weighted by Gasteiger charge is -2.13. The summed E-state index contributed by atoms with van der Waals surface area (Å²) < 4.78 is 0. The number of nitrogens with one attached hydrogen (secondary N) is 1. The van der Waals surface area contributed by atoms with Crippen molar-refractivity contribution in [2.24, 2.45) is 5.73 Å². The monoisotopic (exact) mass is 250 g/mol. The Morgan fingerprint density at radius 3 is 2.07 bits per heavy atom. The average molecular weight is 251 g/mol. The molecule has 0 aliphatic rings. The number of rotatable bonds is 3. The number of nitrogens with two attached hydrogens (primary N) is 1. The van der Waals surface area contributed by atoms with E-state index in [9.17, 15) is 0 Å². The van der Waals surface area contributed by atoms with Crippen molar-refractivity contribution >= 4 is 30.5 Å². The molecule has 0 fully saturated rings. The summed E-state index contributed by atoms with van der Waals surface area (Å²) in [4.78, 5) is 0. The van der Waals surface area contributed by atoms with E-state index in [0.29, 0.717) is 0 Å². The molecule has 0 heterocycles. The number of hydrogen-bond donors (Lipinski definition) is 2. The van der Waals surface area contributed by atoms with E-state index in [2.05, 4.69) is 37.4 Å². The molecule has 1 atom stereocenters. The van der Waals surface area contributed by atoms with E-state index >= 15 is 0 Å². The van der Waals surface area contributed by atoms with Crippen molar-refractivity contribution in [3.63, 3.8) is 0 Å². The van der Waals surface area contributed by atoms with Crippen LogP contribution in [0.25, 0.3) is 0 Å². The highest BCUT2D eigenvalue weighted by molar-refractivity contribution is 5.85. The van der Waals surface area contributed by atoms with Crippen molar-refractivity contribution in [2.45, 2.75) is 26.8 Å². The van der Waals surface area contributed by atoms with Gasteiger partial charge in [0.2, 0.25) is 0 Å². The fourth-order valence-corrected chi connectivity index (χ4v) is 1.36. The van der Waals surface area contributed by atoms with Gasteiger partial charge in [0.1, 0.15) is 0 Å². The Hall–Kier alpha value is -0.440. The van der Waals surface area contributed by atoms with E-state index in [1.165, 1.54) is 16.8 Å². The molecule has 0 aliphatic carbocycles. The van der Waals surface area contributed by atoms with E-state index in [4.69, 9.17) is 5.73 Å². The van der Waals surface area contributed by atoms with Crippen molar-refractivity contribution in [1.29, 1.82) is 0 Å². The first-order chi connectivity index (χ1) is 6.11. The number of anilines is 1. The molecule has 0 saturated carbocycles. The van der Waals surface area contributed by atoms with Crippen LogP contribution in [0.5, 0.6) is 0 Å². The van der Waals surface area contributed by atoms with Gasteiger partial charge in [-0.1, -0.05) is 18.2 Å². The molecule has 0 aliphatic heterocycles. The van der Waals surface area contributed by atoms with Gasteiger partial charge in [-0.25, -0.2) is 0 Å². The van der Waals surface area contributed by atoms with Crippen LogP contribution in [-0.4, -0.2) is 12.6 Å². The fraction of sp³-hybridized carbons (Fsp3) is 0.455. The van der Waals surface area contributed by atoms with Gasteiger partial charge in [-0.05, 0) is 31.9 Å². The van der Waals surface area contributed by atoms with Gasteiger partial charge in [0.05, 0.1) is 0 Å². The molecule has 1 rings (SSSR count). The number of aryl methyl sites for hydroxylation is 2. The molecule has 0 aromatic heterocycles. The van der Waals surface area contributed by atoms with Crippen LogP contribution in [-0.2, 0) is 0 Å². The minimum atomic E-state index is 0. The normalized spacial score (nSPS) is 10.9. The summed E-state index contributed by atoms with van der Waals surface area (Å²) in [5, 5.41) is 3.36. The number of benzene rings is 1. The maximum atomic E-state index is 5.68. The summed E-state index contributed by atoms with van der Waals surface area (Å²) in [6.45, 7) is 7.04. The predicted octanol–water partition coefficient (Wildman–Crippen LogP) is 2.91. The smallest absolute Gasteiger partial charge is 0.0400 e. The minimum Gasteiger partial charge on any atom is -0.383 e. The standard InChI is InChI=1S/C11H18N2.2ClH/c1-8-5-4-6-9(2)11(8)13-7-10(3)12;;/h4-6,10,13H,7,12H2,1-3H3;2*1H. The highest BCUT2D eigenvalue weighted by Crippen LogP contribution is 2.18. The largest absolute Gasteiger partial charge is 0.383 e. The van der Waals surface area contributed by atoms with Gasteiger partial charge in [-0.3, -0.25) is 0 Å². The average Bonchev–Trinajstić information content (AvgIpc) is 2.03. The molecule has 0 radical (unpaired) electrons. The molecule has 0 amide bonds. The van der Waals surface area contributed by atoms with Crippen molar-refractivity contribution in [3.05, 3.63) is 29.3 Å². The SMILES string of the molecule is Cc1cccc(C)c1NCC(C)N.Cl.Cl. The molecule has 0 bridgehead atoms. The van der Waals surface area contributed by atoms with Crippen LogP contribution in [0.15, 0.2) is 18.2 Å². The van der Waals surface area contributed by atoms with Crippen LogP contribution in [0, 0.1) is 13.8 Å². The summed E-state index contributed by atoms with van der Waals surface area (Å²) in [6.07, 6.45) is 0. The molecule has 15 heavy (non-hydrogen) atoms. The Kier molecular flexibility index (Phi) is 8.83. The molecule has 4 heteroatoms. The zero-order valence-corrected chi connectivity index (χ0v) is 11.0. The lowest BCUT2D eigenvalue weighted by atomic mass is 10.1. The Balaban J connectivity index is 0. The third-order valence-corrected chi connectivity index (χ3v) is 2.08. The van der Waals surface area contributed by atoms with E-state index in [0.717, 1.165) is 6.54 Å². The second-order valence-electron chi connectivity index (χ2n) is 3.62. The quantitative estimate of drug-likeness (QED) is 0.866. The highest BCUT2D eigenvalue weighted by Gasteiger charge is 2.01. The van der Waals surface area contributed by atoms with Crippen molar-refractivity contribution in [2.75, 3.05) is 11.9 Å². The number of halogens is 2. The Morgan fingerprint density at radius 2 is 1.67 bits per heavy atom. The molecule has 1 aromatic rings. The first-order valence-electron chi connectivity index (χ1n) is 4.67. The van der Waals surface area contributed by atoms with E-state index in [1.54, 1.807) is 0 Å². The van der Waals surface area contributed by atoms with Gasteiger partial charge in [-0.15, -0.1) is 24.8 Å². The molecule has 3 N–H and O–H groups in total. The van der Waals surface area contributed by atoms with Crippen molar-refractivity contribution in [3.8, 4) is 0 Å². The number of para-hydroxylation sites is 1. The van der Waals surface area contributed by atoms with Gasteiger partial charge in [0.25, 0.3) is 0 Å². The van der Waals surface area contributed by atoms with Crippen LogP contribution < -0.4 is 11.1 Å². The van der Waals surface area contributed by atoms with E-state index in [1.807, 2.05) is 6.92 Å². The molecule has 88 valence electrons. The lowest BCUT2D eigenvalue weighted by molar-refractivity contribution is 0.779. The van der Waals surface area contributed by atoms with E-state index in [-0.39, 0.29) is 30.9 Å². The molecular formula is C11H20Cl2N2. The first kappa shape index (κ1) is 17.0. The first-order valence-corrected chi connectivity index (χ1v) is 4.67. The molecule has 1 unspecified atom stereocenters. The van der Waals surface area contributed by atoms with Crippen LogP contribution in [0.3, 0.4) is 0 Å². The lowest BCUT2D eigenvalue weighted by Crippen LogP contribution is -2.25. The van der Waals surface area contributed by atoms with Crippen molar-refractivity contribution in [1.82, 2.24) is 0 Å². The number of hydrogen-bond acceptors (Lipinski definition) is 2. The topological polar surface area (TPSA) is 38.0 Å². The molecule has 1 aromatic carbocycles. The Morgan fingerprint density at radius 1 is 1.20 bits per heavy atom. The molecular weight excluding hydrogens is 231 g/mol. The summed E-state index contributed by atoms with van der Waals surface area (Å²) in [5.41, 5.74) is 9.46. The van der Waals surface area contributed by atoms with Gasteiger partial charge < -0.3 is 11.1 Å². The summed E-state index contributed by atoms with van der Waals surface area (Å²) in [6, 6.07) is 6.48. The maximum Gasteiger partial charge on any atom is 0.0400 e. The maximum absolute atomic E-state index is 5.68. The third-order valence-electron chi connectivity index (χ3n) is 2.08. The fourth-order valence-electron chi connectivity index (χ4n) is 1.36. The zero-order chi connectivity index (χ0) is 9.84. The summed E-state index contributed by atoms with van der Waals surface area (Å²) >= 11 is 0. The van der Waals surface area contributed by atoms with Gasteiger partial charge in [-0.2, -0.15) is 0 Å². The van der Waals surface area contributed by atoms with E-state index < -0.39 is 0 Å². The minimum absolute atomic E-state index is 0. The third kappa shape index (κ3) is 5.26. The van der Waals surface area contributed by atoms with Crippen LogP contribution in [0.2, 0.25) is 0 Å². The highest BCUT2D eigenvalue weighted by atomic mass is 35.5. The van der Waals surface area contributed by atoms with Crippen LogP contribution in [0.4, 0.5) is 5.69 Å².